The summed E-state index contributed by atoms with van der Waals surface area (Å²) >= 11 is 0. The van der Waals surface area contributed by atoms with Gasteiger partial charge in [0.1, 0.15) is 0 Å². The van der Waals surface area contributed by atoms with Crippen LogP contribution in [0, 0.1) is 0 Å². The van der Waals surface area contributed by atoms with Crippen molar-refractivity contribution in [3.8, 4) is 0 Å². The van der Waals surface area contributed by atoms with E-state index in [2.05, 4.69) is 24.1 Å². The molecule has 17 heavy (non-hydrogen) atoms. The van der Waals surface area contributed by atoms with E-state index in [9.17, 15) is 4.79 Å². The molecule has 0 unspecified atom stereocenters. The first-order valence-corrected chi connectivity index (χ1v) is 6.01. The van der Waals surface area contributed by atoms with Gasteiger partial charge in [0.05, 0.1) is 0 Å². The lowest BCUT2D eigenvalue weighted by molar-refractivity contribution is -0.118. The molecule has 0 atom stereocenters. The maximum Gasteiger partial charge on any atom is 0.226 e. The molecule has 0 saturated heterocycles. The maximum atomic E-state index is 11.9. The zero-order valence-electron chi connectivity index (χ0n) is 10.8. The molecule has 1 aromatic heterocycles. The van der Waals surface area contributed by atoms with E-state index in [0.717, 1.165) is 18.7 Å². The lowest BCUT2D eigenvalue weighted by Crippen LogP contribution is -2.28. The van der Waals surface area contributed by atoms with Crippen LogP contribution in [0.1, 0.15) is 26.7 Å². The van der Waals surface area contributed by atoms with Crippen LogP contribution in [0.5, 0.6) is 0 Å². The minimum Gasteiger partial charge on any atom is -0.315 e. The van der Waals surface area contributed by atoms with E-state index in [1.807, 2.05) is 12.1 Å². The summed E-state index contributed by atoms with van der Waals surface area (Å²) in [7, 11) is 1.80. The largest absolute Gasteiger partial charge is 0.315 e. The Morgan fingerprint density at radius 3 is 2.65 bits per heavy atom. The van der Waals surface area contributed by atoms with Gasteiger partial charge < -0.3 is 10.2 Å². The van der Waals surface area contributed by atoms with Crippen LogP contribution < -0.4 is 10.2 Å². The standard InChI is InChI=1S/C13H21N3O/c1-11(2)15-8-4-5-13(17)16(3)12-6-9-14-10-7-12/h6-7,9-11,15H,4-5,8H2,1-3H3. The Labute approximate surface area is 103 Å². The van der Waals surface area contributed by atoms with Gasteiger partial charge in [0.25, 0.3) is 0 Å². The first kappa shape index (κ1) is 13.6. The molecule has 4 heteroatoms. The Bertz CT molecular complexity index is 338. The average Bonchev–Trinajstić information content (AvgIpc) is 2.34. The highest BCUT2D eigenvalue weighted by molar-refractivity contribution is 5.92. The molecule has 0 saturated carbocycles. The predicted molar refractivity (Wildman–Crippen MR) is 70.0 cm³/mol. The zero-order chi connectivity index (χ0) is 12.7. The fourth-order valence-electron chi connectivity index (χ4n) is 1.51. The third-order valence-electron chi connectivity index (χ3n) is 2.54. The lowest BCUT2D eigenvalue weighted by atomic mass is 10.2. The van der Waals surface area contributed by atoms with Gasteiger partial charge >= 0.3 is 0 Å². The Morgan fingerprint density at radius 1 is 1.41 bits per heavy atom. The number of pyridine rings is 1. The number of carbonyl (C=O) groups is 1. The van der Waals surface area contributed by atoms with Crippen LogP contribution in [-0.2, 0) is 4.79 Å². The van der Waals surface area contributed by atoms with Crippen LogP contribution in [-0.4, -0.2) is 30.5 Å². The van der Waals surface area contributed by atoms with Crippen molar-refractivity contribution in [3.63, 3.8) is 0 Å². The predicted octanol–water partition coefficient (Wildman–Crippen LogP) is 1.82. The van der Waals surface area contributed by atoms with Gasteiger partial charge in [-0.1, -0.05) is 13.8 Å². The van der Waals surface area contributed by atoms with Crippen molar-refractivity contribution < 1.29 is 4.79 Å². The van der Waals surface area contributed by atoms with E-state index in [-0.39, 0.29) is 5.91 Å². The van der Waals surface area contributed by atoms with Gasteiger partial charge in [-0.05, 0) is 25.1 Å². The summed E-state index contributed by atoms with van der Waals surface area (Å²) in [4.78, 5) is 17.5. The molecule has 1 heterocycles. The summed E-state index contributed by atoms with van der Waals surface area (Å²) in [5.41, 5.74) is 0.891. The normalized spacial score (nSPS) is 10.6. The quantitative estimate of drug-likeness (QED) is 0.765. The van der Waals surface area contributed by atoms with Crippen molar-refractivity contribution in [1.82, 2.24) is 10.3 Å². The number of nitrogens with zero attached hydrogens (tertiary/aromatic N) is 2. The number of nitrogens with one attached hydrogen (secondary N) is 1. The number of anilines is 1. The molecule has 0 spiro atoms. The van der Waals surface area contributed by atoms with Gasteiger partial charge in [-0.25, -0.2) is 0 Å². The third-order valence-corrected chi connectivity index (χ3v) is 2.54. The summed E-state index contributed by atoms with van der Waals surface area (Å²) in [6.45, 7) is 5.09. The molecule has 1 N–H and O–H groups in total. The Morgan fingerprint density at radius 2 is 2.06 bits per heavy atom. The summed E-state index contributed by atoms with van der Waals surface area (Å²) in [5.74, 6) is 0.141. The van der Waals surface area contributed by atoms with Crippen molar-refractivity contribution in [2.24, 2.45) is 0 Å². The SMILES string of the molecule is CC(C)NCCCC(=O)N(C)c1ccncc1. The van der Waals surface area contributed by atoms with Crippen LogP contribution >= 0.6 is 0 Å². The topological polar surface area (TPSA) is 45.2 Å². The van der Waals surface area contributed by atoms with E-state index in [0.29, 0.717) is 12.5 Å². The second kappa shape index (κ2) is 7.01. The maximum absolute atomic E-state index is 11.9. The van der Waals surface area contributed by atoms with Crippen molar-refractivity contribution in [2.45, 2.75) is 32.7 Å². The van der Waals surface area contributed by atoms with Crippen LogP contribution in [0.25, 0.3) is 0 Å². The van der Waals surface area contributed by atoms with Gasteiger partial charge in [0.15, 0.2) is 0 Å². The van der Waals surface area contributed by atoms with Crippen molar-refractivity contribution in [1.29, 1.82) is 0 Å². The molecule has 0 aliphatic carbocycles. The van der Waals surface area contributed by atoms with E-state index in [1.54, 1.807) is 24.3 Å². The highest BCUT2D eigenvalue weighted by Crippen LogP contribution is 2.11. The molecular formula is C13H21N3O. The lowest BCUT2D eigenvalue weighted by Gasteiger charge is -2.17. The molecule has 0 fully saturated rings. The summed E-state index contributed by atoms with van der Waals surface area (Å²) in [6.07, 6.45) is 4.82. The van der Waals surface area contributed by atoms with Gasteiger partial charge in [-0.3, -0.25) is 9.78 Å². The van der Waals surface area contributed by atoms with E-state index in [4.69, 9.17) is 0 Å². The number of hydrogen-bond donors (Lipinski definition) is 1. The molecule has 0 bridgehead atoms. The second-order valence-electron chi connectivity index (χ2n) is 4.37. The van der Waals surface area contributed by atoms with Gasteiger partial charge in [0, 0.05) is 37.6 Å². The molecule has 1 rings (SSSR count). The molecule has 94 valence electrons. The van der Waals surface area contributed by atoms with Gasteiger partial charge in [-0.15, -0.1) is 0 Å². The third kappa shape index (κ3) is 4.95. The van der Waals surface area contributed by atoms with Gasteiger partial charge in [-0.2, -0.15) is 0 Å². The molecule has 1 amide bonds. The summed E-state index contributed by atoms with van der Waals surface area (Å²) in [5, 5.41) is 3.30. The van der Waals surface area contributed by atoms with E-state index < -0.39 is 0 Å². The Hall–Kier alpha value is -1.42. The van der Waals surface area contributed by atoms with Crippen LogP contribution in [0.3, 0.4) is 0 Å². The highest BCUT2D eigenvalue weighted by atomic mass is 16.2. The number of hydrogen-bond acceptors (Lipinski definition) is 3. The van der Waals surface area contributed by atoms with Crippen LogP contribution in [0.4, 0.5) is 5.69 Å². The highest BCUT2D eigenvalue weighted by Gasteiger charge is 2.09. The van der Waals surface area contributed by atoms with Crippen LogP contribution in [0.15, 0.2) is 24.5 Å². The number of amides is 1. The second-order valence-corrected chi connectivity index (χ2v) is 4.37. The van der Waals surface area contributed by atoms with Crippen molar-refractivity contribution >= 4 is 11.6 Å². The molecule has 0 radical (unpaired) electrons. The number of rotatable bonds is 6. The summed E-state index contributed by atoms with van der Waals surface area (Å²) < 4.78 is 0. The Kier molecular flexibility index (Phi) is 5.63. The molecule has 4 nitrogen and oxygen atoms in total. The molecule has 0 aliphatic heterocycles. The number of carbonyl (C=O) groups excluding carboxylic acids is 1. The summed E-state index contributed by atoms with van der Waals surface area (Å²) in [6, 6.07) is 4.15. The molecular weight excluding hydrogens is 214 g/mol. The van der Waals surface area contributed by atoms with E-state index >= 15 is 0 Å². The van der Waals surface area contributed by atoms with Crippen molar-refractivity contribution in [2.75, 3.05) is 18.5 Å². The molecule has 0 aliphatic rings. The Balaban J connectivity index is 2.33. The number of aromatic nitrogens is 1. The fraction of sp³-hybridized carbons (Fsp3) is 0.538. The first-order chi connectivity index (χ1) is 8.11. The first-order valence-electron chi connectivity index (χ1n) is 6.01. The minimum absolute atomic E-state index is 0.141. The zero-order valence-corrected chi connectivity index (χ0v) is 10.8. The fourth-order valence-corrected chi connectivity index (χ4v) is 1.51. The molecule has 1 aromatic rings. The molecule has 0 aromatic carbocycles. The van der Waals surface area contributed by atoms with Crippen molar-refractivity contribution in [3.05, 3.63) is 24.5 Å². The monoisotopic (exact) mass is 235 g/mol. The smallest absolute Gasteiger partial charge is 0.226 e. The van der Waals surface area contributed by atoms with Crippen LogP contribution in [0.2, 0.25) is 0 Å². The van der Waals surface area contributed by atoms with E-state index in [1.165, 1.54) is 0 Å². The van der Waals surface area contributed by atoms with Gasteiger partial charge in [0.2, 0.25) is 5.91 Å². The minimum atomic E-state index is 0.141. The average molecular weight is 235 g/mol.